The first-order valence-electron chi connectivity index (χ1n) is 10.8. The molecule has 0 aliphatic rings. The Bertz CT molecular complexity index is 997. The summed E-state index contributed by atoms with van der Waals surface area (Å²) in [6.07, 6.45) is -0.122. The van der Waals surface area contributed by atoms with Crippen LogP contribution in [0.1, 0.15) is 68.5 Å². The molecule has 9 nitrogen and oxygen atoms in total. The summed E-state index contributed by atoms with van der Waals surface area (Å²) in [6, 6.07) is 0.0404. The molecule has 0 aliphatic carbocycles. The van der Waals surface area contributed by atoms with E-state index < -0.39 is 12.1 Å². The maximum absolute atomic E-state index is 12.7. The summed E-state index contributed by atoms with van der Waals surface area (Å²) in [4.78, 5) is 46.7. The van der Waals surface area contributed by atoms with Crippen LogP contribution in [0.3, 0.4) is 0 Å². The number of aliphatic hydroxyl groups is 1. The molecule has 32 heavy (non-hydrogen) atoms. The minimum atomic E-state index is -0.866. The number of hydrogen-bond acceptors (Lipinski definition) is 9. The van der Waals surface area contributed by atoms with Crippen molar-refractivity contribution in [2.75, 3.05) is 13.2 Å². The number of ether oxygens (including phenoxy) is 2. The molecule has 0 bridgehead atoms. The van der Waals surface area contributed by atoms with E-state index in [-0.39, 0.29) is 43.4 Å². The van der Waals surface area contributed by atoms with E-state index in [2.05, 4.69) is 9.97 Å². The predicted octanol–water partition coefficient (Wildman–Crippen LogP) is 2.77. The van der Waals surface area contributed by atoms with Gasteiger partial charge >= 0.3 is 11.9 Å². The van der Waals surface area contributed by atoms with E-state index in [0.717, 1.165) is 11.3 Å². The number of rotatable bonds is 11. The molecule has 0 spiro atoms. The second kappa shape index (κ2) is 11.5. The average Bonchev–Trinajstić information content (AvgIpc) is 3.02. The minimum absolute atomic E-state index is 0.0404. The number of fused-ring (bicyclic) bond motifs is 1. The van der Waals surface area contributed by atoms with E-state index in [1.807, 2.05) is 25.7 Å². The Morgan fingerprint density at radius 1 is 1.25 bits per heavy atom. The molecule has 2 N–H and O–H groups in total. The third kappa shape index (κ3) is 6.85. The van der Waals surface area contributed by atoms with Gasteiger partial charge in [0.1, 0.15) is 28.2 Å². The molecule has 1 atom stereocenters. The van der Waals surface area contributed by atoms with Gasteiger partial charge in [-0.3, -0.25) is 14.5 Å². The highest BCUT2D eigenvalue weighted by molar-refractivity contribution is 7.20. The molecule has 0 amide bonds. The number of carbonyl (C=O) groups is 2. The van der Waals surface area contributed by atoms with Crippen molar-refractivity contribution in [1.82, 2.24) is 14.9 Å². The van der Waals surface area contributed by atoms with Crippen LogP contribution in [0.5, 0.6) is 0 Å². The smallest absolute Gasteiger partial charge is 0.348 e. The molecule has 2 aromatic rings. The average molecular weight is 468 g/mol. The van der Waals surface area contributed by atoms with Crippen molar-refractivity contribution in [2.45, 2.75) is 79.2 Å². The molecule has 2 aromatic heterocycles. The highest BCUT2D eigenvalue weighted by atomic mass is 32.1. The number of hydrogen-bond donors (Lipinski definition) is 2. The third-order valence-electron chi connectivity index (χ3n) is 4.80. The van der Waals surface area contributed by atoms with Gasteiger partial charge in [-0.25, -0.2) is 9.78 Å². The fourth-order valence-corrected chi connectivity index (χ4v) is 4.25. The molecule has 0 fully saturated rings. The zero-order valence-electron chi connectivity index (χ0n) is 19.6. The minimum Gasteiger partial charge on any atom is -0.463 e. The van der Waals surface area contributed by atoms with E-state index in [1.54, 1.807) is 20.8 Å². The molecule has 0 saturated carbocycles. The second-order valence-electron chi connectivity index (χ2n) is 8.31. The van der Waals surface area contributed by atoms with Crippen molar-refractivity contribution in [1.29, 1.82) is 0 Å². The second-order valence-corrected chi connectivity index (χ2v) is 9.31. The van der Waals surface area contributed by atoms with Gasteiger partial charge in [-0.05, 0) is 46.6 Å². The van der Waals surface area contributed by atoms with Gasteiger partial charge in [-0.2, -0.15) is 0 Å². The molecule has 10 heteroatoms. The molecular weight excluding hydrogens is 434 g/mol. The van der Waals surface area contributed by atoms with Crippen molar-refractivity contribution in [2.24, 2.45) is 0 Å². The first kappa shape index (κ1) is 26.0. The van der Waals surface area contributed by atoms with Gasteiger partial charge in [0.25, 0.3) is 5.56 Å². The number of aromatic nitrogens is 2. The summed E-state index contributed by atoms with van der Waals surface area (Å²) in [7, 11) is 0. The number of aliphatic hydroxyl groups excluding tert-OH is 1. The van der Waals surface area contributed by atoms with E-state index in [4.69, 9.17) is 9.47 Å². The molecule has 0 aromatic carbocycles. The van der Waals surface area contributed by atoms with Crippen molar-refractivity contribution >= 4 is 33.5 Å². The normalized spacial score (nSPS) is 12.7. The van der Waals surface area contributed by atoms with Crippen LogP contribution in [-0.2, 0) is 20.8 Å². The Balaban J connectivity index is 2.19. The van der Waals surface area contributed by atoms with Gasteiger partial charge in [-0.1, -0.05) is 6.92 Å². The molecule has 1 unspecified atom stereocenters. The van der Waals surface area contributed by atoms with Gasteiger partial charge in [0.2, 0.25) is 0 Å². The lowest BCUT2D eigenvalue weighted by molar-refractivity contribution is -0.147. The maximum Gasteiger partial charge on any atom is 0.348 e. The van der Waals surface area contributed by atoms with Crippen LogP contribution in [0, 0.1) is 6.92 Å². The predicted molar refractivity (Wildman–Crippen MR) is 123 cm³/mol. The number of esters is 2. The lowest BCUT2D eigenvalue weighted by Gasteiger charge is -2.28. The number of aromatic amines is 1. The Kier molecular flexibility index (Phi) is 9.35. The Hall–Kier alpha value is -2.30. The third-order valence-corrected chi connectivity index (χ3v) is 5.96. The number of nitrogens with one attached hydrogen (secondary N) is 1. The number of carbonyl (C=O) groups excluding carboxylic acids is 2. The number of H-pyrrole nitrogens is 1. The summed E-state index contributed by atoms with van der Waals surface area (Å²) in [5, 5.41) is 10.7. The van der Waals surface area contributed by atoms with Crippen LogP contribution in [0.2, 0.25) is 0 Å². The van der Waals surface area contributed by atoms with Crippen LogP contribution in [0.4, 0.5) is 0 Å². The summed E-state index contributed by atoms with van der Waals surface area (Å²) in [5.74, 6) is -0.374. The van der Waals surface area contributed by atoms with Crippen LogP contribution < -0.4 is 5.56 Å². The molecule has 0 radical (unpaired) electrons. The fourth-order valence-electron chi connectivity index (χ4n) is 3.16. The van der Waals surface area contributed by atoms with Crippen molar-refractivity contribution in [3.05, 3.63) is 26.6 Å². The summed E-state index contributed by atoms with van der Waals surface area (Å²) < 4.78 is 10.4. The van der Waals surface area contributed by atoms with E-state index in [0.29, 0.717) is 39.3 Å². The Morgan fingerprint density at radius 3 is 2.53 bits per heavy atom. The summed E-state index contributed by atoms with van der Waals surface area (Å²) >= 11 is 1.14. The number of thiophene rings is 1. The monoisotopic (exact) mass is 467 g/mol. The van der Waals surface area contributed by atoms with E-state index in [9.17, 15) is 19.5 Å². The lowest BCUT2D eigenvalue weighted by Crippen LogP contribution is -2.39. The van der Waals surface area contributed by atoms with E-state index >= 15 is 0 Å². The fraction of sp³-hybridized carbons (Fsp3) is 0.636. The number of aryl methyl sites for hydroxylation is 1. The molecule has 178 valence electrons. The van der Waals surface area contributed by atoms with Crippen LogP contribution in [-0.4, -0.2) is 63.3 Å². The summed E-state index contributed by atoms with van der Waals surface area (Å²) in [5.41, 5.74) is 0.237. The quantitative estimate of drug-likeness (QED) is 0.484. The maximum atomic E-state index is 12.7. The largest absolute Gasteiger partial charge is 0.463 e. The molecule has 2 heterocycles. The van der Waals surface area contributed by atoms with Gasteiger partial charge in [0.05, 0.1) is 18.0 Å². The lowest BCUT2D eigenvalue weighted by atomic mass is 10.2. The highest BCUT2D eigenvalue weighted by Crippen LogP contribution is 2.28. The van der Waals surface area contributed by atoms with Crippen molar-refractivity contribution < 1.29 is 24.2 Å². The van der Waals surface area contributed by atoms with Gasteiger partial charge < -0.3 is 19.6 Å². The molecule has 0 saturated heterocycles. The van der Waals surface area contributed by atoms with E-state index in [1.165, 1.54) is 0 Å². The highest BCUT2D eigenvalue weighted by Gasteiger charge is 2.23. The van der Waals surface area contributed by atoms with Gasteiger partial charge in [-0.15, -0.1) is 11.3 Å². The van der Waals surface area contributed by atoms with Crippen molar-refractivity contribution in [3.8, 4) is 0 Å². The topological polar surface area (TPSA) is 122 Å². The van der Waals surface area contributed by atoms with Crippen LogP contribution >= 0.6 is 11.3 Å². The zero-order valence-corrected chi connectivity index (χ0v) is 20.4. The standard InChI is InChI=1S/C22H33N3O6S/c1-7-8-17(27)30-11-15(26)9-25(12(2)3)10-16-23-20(28)18-14(6)19(32-21(18)24-16)22(29)31-13(4)5/h12-13,15,26H,7-11H2,1-6H3,(H,23,24,28). The Morgan fingerprint density at radius 2 is 1.94 bits per heavy atom. The van der Waals surface area contributed by atoms with Crippen LogP contribution in [0.15, 0.2) is 4.79 Å². The van der Waals surface area contributed by atoms with Crippen LogP contribution in [0.25, 0.3) is 10.2 Å². The van der Waals surface area contributed by atoms with Gasteiger partial charge in [0, 0.05) is 19.0 Å². The molecule has 2 rings (SSSR count). The number of nitrogens with zero attached hydrogens (tertiary/aromatic N) is 2. The molecular formula is C22H33N3O6S. The zero-order chi connectivity index (χ0) is 24.0. The Labute approximate surface area is 191 Å². The van der Waals surface area contributed by atoms with Crippen molar-refractivity contribution in [3.63, 3.8) is 0 Å². The summed E-state index contributed by atoms with van der Waals surface area (Å²) in [6.45, 7) is 11.5. The SMILES string of the molecule is CCCC(=O)OCC(O)CN(Cc1nc2sc(C(=O)OC(C)C)c(C)c2c(=O)[nH]1)C(C)C. The first-order chi connectivity index (χ1) is 15.0. The van der Waals surface area contributed by atoms with Gasteiger partial charge in [0.15, 0.2) is 0 Å². The first-order valence-corrected chi connectivity index (χ1v) is 11.7. The molecule has 0 aliphatic heterocycles.